The van der Waals surface area contributed by atoms with Crippen LogP contribution in [0.5, 0.6) is 0 Å². The number of hydrogen-bond donors (Lipinski definition) is 1. The van der Waals surface area contributed by atoms with Crippen molar-refractivity contribution < 1.29 is 19.5 Å². The van der Waals surface area contributed by atoms with Crippen LogP contribution in [0.15, 0.2) is 36.7 Å². The molecule has 0 saturated heterocycles. The highest BCUT2D eigenvalue weighted by molar-refractivity contribution is 6.33. The van der Waals surface area contributed by atoms with Gasteiger partial charge in [0.15, 0.2) is 0 Å². The first-order valence-corrected chi connectivity index (χ1v) is 5.63. The molecule has 2 aromatic rings. The van der Waals surface area contributed by atoms with E-state index >= 15 is 0 Å². The van der Waals surface area contributed by atoms with Gasteiger partial charge in [-0.25, -0.2) is 14.7 Å². The van der Waals surface area contributed by atoms with Gasteiger partial charge in [-0.1, -0.05) is 0 Å². The topological polar surface area (TPSA) is 100 Å². The van der Waals surface area contributed by atoms with Gasteiger partial charge >= 0.3 is 5.97 Å². The number of carboxylic acids is 1. The van der Waals surface area contributed by atoms with E-state index < -0.39 is 17.8 Å². The summed E-state index contributed by atoms with van der Waals surface area (Å²) >= 11 is 0. The highest BCUT2D eigenvalue weighted by Crippen LogP contribution is 2.25. The zero-order chi connectivity index (χ0) is 14.3. The van der Waals surface area contributed by atoms with Crippen molar-refractivity contribution in [2.24, 2.45) is 0 Å². The normalized spacial score (nSPS) is 13.5. The van der Waals surface area contributed by atoms with Crippen LogP contribution in [0.2, 0.25) is 0 Å². The third-order valence-electron chi connectivity index (χ3n) is 2.87. The van der Waals surface area contributed by atoms with Gasteiger partial charge in [-0.3, -0.25) is 14.6 Å². The van der Waals surface area contributed by atoms with Gasteiger partial charge in [0, 0.05) is 12.4 Å². The molecule has 0 spiro atoms. The minimum absolute atomic E-state index is 0.0297. The van der Waals surface area contributed by atoms with E-state index in [0.717, 1.165) is 4.90 Å². The predicted molar refractivity (Wildman–Crippen MR) is 66.6 cm³/mol. The van der Waals surface area contributed by atoms with Gasteiger partial charge < -0.3 is 5.11 Å². The van der Waals surface area contributed by atoms with Crippen LogP contribution in [-0.4, -0.2) is 32.9 Å². The van der Waals surface area contributed by atoms with Gasteiger partial charge in [-0.2, -0.15) is 0 Å². The van der Waals surface area contributed by atoms with Gasteiger partial charge in [-0.05, 0) is 24.3 Å². The summed E-state index contributed by atoms with van der Waals surface area (Å²) in [5.41, 5.74) is 0.166. The summed E-state index contributed by atoms with van der Waals surface area (Å²) in [6.07, 6.45) is 2.64. The van der Waals surface area contributed by atoms with Crippen molar-refractivity contribution in [3.63, 3.8) is 0 Å². The van der Waals surface area contributed by atoms with Gasteiger partial charge in [-0.15, -0.1) is 0 Å². The molecule has 20 heavy (non-hydrogen) atoms. The Morgan fingerprint density at radius 3 is 2.60 bits per heavy atom. The third-order valence-corrected chi connectivity index (χ3v) is 2.87. The van der Waals surface area contributed by atoms with Crippen LogP contribution in [0.25, 0.3) is 0 Å². The fraction of sp³-hybridized carbons (Fsp3) is 0. The number of pyridine rings is 2. The molecule has 2 aromatic heterocycles. The fourth-order valence-electron chi connectivity index (χ4n) is 1.95. The van der Waals surface area contributed by atoms with Crippen molar-refractivity contribution in [3.8, 4) is 0 Å². The Hall–Kier alpha value is -3.09. The van der Waals surface area contributed by atoms with Crippen LogP contribution in [0.4, 0.5) is 5.82 Å². The maximum absolute atomic E-state index is 12.2. The number of hydrogen-bond acceptors (Lipinski definition) is 5. The molecule has 1 aliphatic rings. The molecule has 0 radical (unpaired) electrons. The van der Waals surface area contributed by atoms with Crippen molar-refractivity contribution in [1.29, 1.82) is 0 Å². The van der Waals surface area contributed by atoms with E-state index in [1.54, 1.807) is 6.07 Å². The number of fused-ring (bicyclic) bond motifs is 1. The quantitative estimate of drug-likeness (QED) is 0.815. The van der Waals surface area contributed by atoms with E-state index in [1.165, 1.54) is 30.6 Å². The molecule has 0 bridgehead atoms. The van der Waals surface area contributed by atoms with Crippen molar-refractivity contribution in [2.45, 2.75) is 0 Å². The molecule has 1 N–H and O–H groups in total. The smallest absolute Gasteiger partial charge is 0.335 e. The molecule has 1 aliphatic heterocycles. The molecule has 0 fully saturated rings. The van der Waals surface area contributed by atoms with Crippen molar-refractivity contribution >= 4 is 23.6 Å². The lowest BCUT2D eigenvalue weighted by molar-refractivity contribution is 0.0695. The number of nitrogens with zero attached hydrogens (tertiary/aromatic N) is 3. The maximum Gasteiger partial charge on any atom is 0.335 e. The van der Waals surface area contributed by atoms with Crippen LogP contribution in [0.3, 0.4) is 0 Å². The number of anilines is 1. The molecular weight excluding hydrogens is 262 g/mol. The number of aromatic nitrogens is 2. The minimum atomic E-state index is -1.16. The van der Waals surface area contributed by atoms with Gasteiger partial charge in [0.1, 0.15) is 11.5 Å². The third kappa shape index (κ3) is 1.64. The Balaban J connectivity index is 2.09. The van der Waals surface area contributed by atoms with Crippen molar-refractivity contribution in [1.82, 2.24) is 9.97 Å². The molecule has 0 saturated carbocycles. The van der Waals surface area contributed by atoms with Crippen LogP contribution < -0.4 is 4.90 Å². The first-order valence-electron chi connectivity index (χ1n) is 5.63. The largest absolute Gasteiger partial charge is 0.478 e. The first kappa shape index (κ1) is 12.0. The lowest BCUT2D eigenvalue weighted by atomic mass is 10.2. The number of amides is 2. The molecule has 0 aromatic carbocycles. The summed E-state index contributed by atoms with van der Waals surface area (Å²) in [5.74, 6) is -2.37. The maximum atomic E-state index is 12.2. The Morgan fingerprint density at radius 2 is 1.90 bits per heavy atom. The zero-order valence-corrected chi connectivity index (χ0v) is 9.98. The molecule has 98 valence electrons. The number of carbonyl (C=O) groups excluding carboxylic acids is 2. The van der Waals surface area contributed by atoms with Crippen LogP contribution in [0.1, 0.15) is 31.2 Å². The summed E-state index contributed by atoms with van der Waals surface area (Å²) in [5, 5.41) is 8.93. The molecule has 0 aliphatic carbocycles. The summed E-state index contributed by atoms with van der Waals surface area (Å²) in [6.45, 7) is 0. The van der Waals surface area contributed by atoms with E-state index in [4.69, 9.17) is 5.11 Å². The summed E-state index contributed by atoms with van der Waals surface area (Å²) in [6, 6.07) is 5.49. The standard InChI is InChI=1S/C13H7N3O4/c17-11-8-2-1-4-15-10(8)12(18)16(11)9-6-7(13(19)20)3-5-14-9/h1-6H,(H,19,20). The average molecular weight is 269 g/mol. The van der Waals surface area contributed by atoms with E-state index in [2.05, 4.69) is 9.97 Å². The van der Waals surface area contributed by atoms with E-state index in [9.17, 15) is 14.4 Å². The van der Waals surface area contributed by atoms with E-state index in [0.29, 0.717) is 0 Å². The second kappa shape index (κ2) is 4.23. The molecule has 0 atom stereocenters. The van der Waals surface area contributed by atoms with E-state index in [1.807, 2.05) is 0 Å². The Kier molecular flexibility index (Phi) is 2.53. The number of aromatic carboxylic acids is 1. The zero-order valence-electron chi connectivity index (χ0n) is 9.98. The molecule has 7 nitrogen and oxygen atoms in total. The Bertz CT molecular complexity index is 722. The summed E-state index contributed by atoms with van der Waals surface area (Å²) in [4.78, 5) is 43.8. The SMILES string of the molecule is O=C(O)c1ccnc(N2C(=O)c3cccnc3C2=O)c1. The predicted octanol–water partition coefficient (Wildman–Crippen LogP) is 0.975. The van der Waals surface area contributed by atoms with Crippen molar-refractivity contribution in [2.75, 3.05) is 4.90 Å². The number of carbonyl (C=O) groups is 3. The fourth-order valence-corrected chi connectivity index (χ4v) is 1.95. The second-order valence-electron chi connectivity index (χ2n) is 4.05. The molecule has 2 amide bonds. The molecule has 0 unspecified atom stereocenters. The lowest BCUT2D eigenvalue weighted by Gasteiger charge is -2.12. The highest BCUT2D eigenvalue weighted by atomic mass is 16.4. The minimum Gasteiger partial charge on any atom is -0.478 e. The highest BCUT2D eigenvalue weighted by Gasteiger charge is 2.38. The monoisotopic (exact) mass is 269 g/mol. The summed E-state index contributed by atoms with van der Waals surface area (Å²) < 4.78 is 0. The molecule has 7 heteroatoms. The molecular formula is C13H7N3O4. The first-order chi connectivity index (χ1) is 9.59. The second-order valence-corrected chi connectivity index (χ2v) is 4.05. The average Bonchev–Trinajstić information content (AvgIpc) is 2.72. The van der Waals surface area contributed by atoms with Crippen LogP contribution in [-0.2, 0) is 0 Å². The van der Waals surface area contributed by atoms with Gasteiger partial charge in [0.25, 0.3) is 11.8 Å². The van der Waals surface area contributed by atoms with Gasteiger partial charge in [0.05, 0.1) is 11.1 Å². The molecule has 3 rings (SSSR count). The Morgan fingerprint density at radius 1 is 1.10 bits per heavy atom. The van der Waals surface area contributed by atoms with E-state index in [-0.39, 0.29) is 22.6 Å². The number of imide groups is 1. The number of carboxylic acid groups (broad SMARTS) is 1. The molecule has 3 heterocycles. The van der Waals surface area contributed by atoms with Crippen molar-refractivity contribution in [3.05, 3.63) is 53.5 Å². The lowest BCUT2D eigenvalue weighted by Crippen LogP contribution is -2.30. The van der Waals surface area contributed by atoms with Crippen LogP contribution in [0, 0.1) is 0 Å². The Labute approximate surface area is 112 Å². The van der Waals surface area contributed by atoms with Gasteiger partial charge in [0.2, 0.25) is 0 Å². The van der Waals surface area contributed by atoms with Crippen LogP contribution >= 0.6 is 0 Å². The summed E-state index contributed by atoms with van der Waals surface area (Å²) in [7, 11) is 0. The number of rotatable bonds is 2.